The number of hydrogen-bond acceptors (Lipinski definition) is 1. The van der Waals surface area contributed by atoms with Crippen LogP contribution in [0, 0.1) is 5.82 Å². The maximum atomic E-state index is 13.1. The van der Waals surface area contributed by atoms with Crippen LogP contribution in [0.1, 0.15) is 18.9 Å². The maximum Gasteiger partial charge on any atom is 0.126 e. The van der Waals surface area contributed by atoms with E-state index in [2.05, 4.69) is 12.2 Å². The molecule has 0 heterocycles. The Balaban J connectivity index is 2.50. The van der Waals surface area contributed by atoms with Crippen LogP contribution in [0.5, 0.6) is 0 Å². The van der Waals surface area contributed by atoms with Gasteiger partial charge in [-0.2, -0.15) is 0 Å². The molecule has 1 aromatic carbocycles. The lowest BCUT2D eigenvalue weighted by Gasteiger charge is -2.09. The molecule has 1 atom stereocenters. The van der Waals surface area contributed by atoms with E-state index in [1.54, 1.807) is 6.07 Å². The second-order valence-electron chi connectivity index (χ2n) is 3.32. The second-order valence-corrected chi connectivity index (χ2v) is 3.32. The fraction of sp³-hybridized carbons (Fsp3) is 0.455. The average molecular weight is 181 g/mol. The fourth-order valence-corrected chi connectivity index (χ4v) is 1.22. The third kappa shape index (κ3) is 3.15. The molecule has 1 N–H and O–H groups in total. The van der Waals surface area contributed by atoms with Crippen LogP contribution in [0.3, 0.4) is 0 Å². The molecule has 0 fully saturated rings. The first-order chi connectivity index (χ1) is 6.24. The Labute approximate surface area is 79.0 Å². The molecule has 0 radical (unpaired) electrons. The summed E-state index contributed by atoms with van der Waals surface area (Å²) in [6.07, 6.45) is 1.77. The molecule has 0 amide bonds. The molecule has 1 rings (SSSR count). The predicted molar refractivity (Wildman–Crippen MR) is 53.2 cm³/mol. The quantitative estimate of drug-likeness (QED) is 0.752. The minimum atomic E-state index is -0.0918. The first-order valence-electron chi connectivity index (χ1n) is 4.64. The van der Waals surface area contributed by atoms with Crippen molar-refractivity contribution in [3.63, 3.8) is 0 Å². The standard InChI is InChI=1S/C11H16FN/c1-9(13-2)7-8-10-5-3-4-6-11(10)12/h3-6,9,13H,7-8H2,1-2H3. The number of halogens is 1. The van der Waals surface area contributed by atoms with Crippen molar-refractivity contribution < 1.29 is 4.39 Å². The molecular weight excluding hydrogens is 165 g/mol. The lowest BCUT2D eigenvalue weighted by Crippen LogP contribution is -2.21. The van der Waals surface area contributed by atoms with E-state index in [0.29, 0.717) is 6.04 Å². The van der Waals surface area contributed by atoms with E-state index in [0.717, 1.165) is 18.4 Å². The molecule has 2 heteroatoms. The molecule has 1 aromatic rings. The highest BCUT2D eigenvalue weighted by Crippen LogP contribution is 2.09. The normalized spacial score (nSPS) is 12.8. The first-order valence-corrected chi connectivity index (χ1v) is 4.64. The Morgan fingerprint density at radius 1 is 1.38 bits per heavy atom. The number of nitrogens with one attached hydrogen (secondary N) is 1. The minimum Gasteiger partial charge on any atom is -0.317 e. The maximum absolute atomic E-state index is 13.1. The van der Waals surface area contributed by atoms with Crippen LogP contribution in [0.25, 0.3) is 0 Å². The van der Waals surface area contributed by atoms with Gasteiger partial charge in [0.05, 0.1) is 0 Å². The van der Waals surface area contributed by atoms with Gasteiger partial charge >= 0.3 is 0 Å². The van der Waals surface area contributed by atoms with Crippen molar-refractivity contribution in [1.29, 1.82) is 0 Å². The van der Waals surface area contributed by atoms with Crippen LogP contribution in [-0.2, 0) is 6.42 Å². The third-order valence-corrected chi connectivity index (χ3v) is 2.30. The highest BCUT2D eigenvalue weighted by atomic mass is 19.1. The number of rotatable bonds is 4. The summed E-state index contributed by atoms with van der Waals surface area (Å²) in [5, 5.41) is 3.13. The second kappa shape index (κ2) is 4.97. The Hall–Kier alpha value is -0.890. The molecule has 72 valence electrons. The number of hydrogen-bond donors (Lipinski definition) is 1. The Bertz CT molecular complexity index is 260. The molecule has 0 aliphatic heterocycles. The summed E-state index contributed by atoms with van der Waals surface area (Å²) in [4.78, 5) is 0. The molecule has 0 saturated heterocycles. The van der Waals surface area contributed by atoms with Gasteiger partial charge < -0.3 is 5.32 Å². The summed E-state index contributed by atoms with van der Waals surface area (Å²) in [6, 6.07) is 7.40. The molecular formula is C11H16FN. The van der Waals surface area contributed by atoms with Gasteiger partial charge in [0.25, 0.3) is 0 Å². The zero-order valence-electron chi connectivity index (χ0n) is 8.18. The molecule has 0 saturated carbocycles. The molecule has 0 aromatic heterocycles. The summed E-state index contributed by atoms with van der Waals surface area (Å²) < 4.78 is 13.1. The van der Waals surface area contributed by atoms with E-state index in [9.17, 15) is 4.39 Å². The van der Waals surface area contributed by atoms with Gasteiger partial charge in [0.1, 0.15) is 5.82 Å². The van der Waals surface area contributed by atoms with Gasteiger partial charge in [-0.1, -0.05) is 18.2 Å². The molecule has 0 aliphatic carbocycles. The van der Waals surface area contributed by atoms with Crippen LogP contribution >= 0.6 is 0 Å². The van der Waals surface area contributed by atoms with Crippen molar-refractivity contribution in [3.05, 3.63) is 35.6 Å². The highest BCUT2D eigenvalue weighted by Gasteiger charge is 2.02. The molecule has 1 nitrogen and oxygen atoms in total. The minimum absolute atomic E-state index is 0.0918. The zero-order valence-corrected chi connectivity index (χ0v) is 8.18. The molecule has 0 aliphatic rings. The summed E-state index contributed by atoms with van der Waals surface area (Å²) in [5.74, 6) is -0.0918. The highest BCUT2D eigenvalue weighted by molar-refractivity contribution is 5.17. The molecule has 0 bridgehead atoms. The first kappa shape index (κ1) is 10.2. The smallest absolute Gasteiger partial charge is 0.126 e. The van der Waals surface area contributed by atoms with Gasteiger partial charge in [0.2, 0.25) is 0 Å². The summed E-state index contributed by atoms with van der Waals surface area (Å²) in [7, 11) is 1.92. The van der Waals surface area contributed by atoms with Crippen molar-refractivity contribution in [3.8, 4) is 0 Å². The van der Waals surface area contributed by atoms with Crippen molar-refractivity contribution >= 4 is 0 Å². The van der Waals surface area contributed by atoms with E-state index in [1.165, 1.54) is 6.07 Å². The third-order valence-electron chi connectivity index (χ3n) is 2.30. The average Bonchev–Trinajstić information content (AvgIpc) is 2.16. The Morgan fingerprint density at radius 2 is 2.08 bits per heavy atom. The van der Waals surface area contributed by atoms with E-state index in [4.69, 9.17) is 0 Å². The molecule has 1 unspecified atom stereocenters. The van der Waals surface area contributed by atoms with Crippen LogP contribution in [-0.4, -0.2) is 13.1 Å². The van der Waals surface area contributed by atoms with E-state index in [1.807, 2.05) is 19.2 Å². The van der Waals surface area contributed by atoms with Gasteiger partial charge in [-0.05, 0) is 38.4 Å². The van der Waals surface area contributed by atoms with Crippen molar-refractivity contribution in [2.75, 3.05) is 7.05 Å². The van der Waals surface area contributed by atoms with E-state index >= 15 is 0 Å². The van der Waals surface area contributed by atoms with Gasteiger partial charge in [0, 0.05) is 6.04 Å². The lowest BCUT2D eigenvalue weighted by molar-refractivity contribution is 0.547. The summed E-state index contributed by atoms with van der Waals surface area (Å²) in [5.41, 5.74) is 0.810. The van der Waals surface area contributed by atoms with Crippen molar-refractivity contribution in [1.82, 2.24) is 5.32 Å². The van der Waals surface area contributed by atoms with E-state index < -0.39 is 0 Å². The fourth-order valence-electron chi connectivity index (χ4n) is 1.22. The van der Waals surface area contributed by atoms with Gasteiger partial charge in [-0.15, -0.1) is 0 Å². The lowest BCUT2D eigenvalue weighted by atomic mass is 10.1. The van der Waals surface area contributed by atoms with Crippen LogP contribution in [0.2, 0.25) is 0 Å². The Kier molecular flexibility index (Phi) is 3.90. The molecule has 0 spiro atoms. The van der Waals surface area contributed by atoms with Gasteiger partial charge in [-0.25, -0.2) is 4.39 Å². The van der Waals surface area contributed by atoms with Gasteiger partial charge in [0.15, 0.2) is 0 Å². The molecule has 13 heavy (non-hydrogen) atoms. The van der Waals surface area contributed by atoms with Gasteiger partial charge in [-0.3, -0.25) is 0 Å². The van der Waals surface area contributed by atoms with Crippen LogP contribution in [0.15, 0.2) is 24.3 Å². The Morgan fingerprint density at radius 3 is 2.69 bits per heavy atom. The summed E-state index contributed by atoms with van der Waals surface area (Å²) in [6.45, 7) is 2.10. The van der Waals surface area contributed by atoms with Crippen LogP contribution in [0.4, 0.5) is 4.39 Å². The number of benzene rings is 1. The SMILES string of the molecule is CNC(C)CCc1ccccc1F. The largest absolute Gasteiger partial charge is 0.317 e. The van der Waals surface area contributed by atoms with Crippen molar-refractivity contribution in [2.45, 2.75) is 25.8 Å². The number of aryl methyl sites for hydroxylation is 1. The zero-order chi connectivity index (χ0) is 9.68. The monoisotopic (exact) mass is 181 g/mol. The van der Waals surface area contributed by atoms with E-state index in [-0.39, 0.29) is 5.82 Å². The van der Waals surface area contributed by atoms with Crippen LogP contribution < -0.4 is 5.32 Å². The summed E-state index contributed by atoms with van der Waals surface area (Å²) >= 11 is 0. The topological polar surface area (TPSA) is 12.0 Å². The van der Waals surface area contributed by atoms with Crippen molar-refractivity contribution in [2.24, 2.45) is 0 Å². The predicted octanol–water partition coefficient (Wildman–Crippen LogP) is 2.37.